The summed E-state index contributed by atoms with van der Waals surface area (Å²) in [6, 6.07) is 7.00. The predicted octanol–water partition coefficient (Wildman–Crippen LogP) is 2.00. The van der Waals surface area contributed by atoms with Crippen molar-refractivity contribution in [3.05, 3.63) is 29.8 Å². The minimum Gasteiger partial charge on any atom is -0.465 e. The summed E-state index contributed by atoms with van der Waals surface area (Å²) in [5.74, 6) is -0.651. The fourth-order valence-electron chi connectivity index (χ4n) is 2.92. The number of carbonyl (C=O) groups is 3. The van der Waals surface area contributed by atoms with E-state index >= 15 is 0 Å². The number of nitrogens with one attached hydrogen (secondary N) is 2. The summed E-state index contributed by atoms with van der Waals surface area (Å²) in [7, 11) is 1.32. The number of anilines is 1. The lowest BCUT2D eigenvalue weighted by atomic mass is 9.96. The molecule has 1 heterocycles. The summed E-state index contributed by atoms with van der Waals surface area (Å²) in [4.78, 5) is 37.8. The van der Waals surface area contributed by atoms with Gasteiger partial charge in [-0.25, -0.2) is 9.59 Å². The molecule has 2 fully saturated rings. The number of urea groups is 1. The van der Waals surface area contributed by atoms with Gasteiger partial charge in [-0.15, -0.1) is 0 Å². The molecule has 7 heteroatoms. The van der Waals surface area contributed by atoms with Gasteiger partial charge in [-0.3, -0.25) is 4.79 Å². The first-order chi connectivity index (χ1) is 12.1. The Hall–Kier alpha value is -2.57. The first-order valence-corrected chi connectivity index (χ1v) is 8.61. The van der Waals surface area contributed by atoms with E-state index in [-0.39, 0.29) is 17.9 Å². The van der Waals surface area contributed by atoms with Crippen LogP contribution in [0.3, 0.4) is 0 Å². The molecule has 0 spiro atoms. The van der Waals surface area contributed by atoms with E-state index in [1.807, 2.05) is 0 Å². The van der Waals surface area contributed by atoms with Crippen LogP contribution < -0.4 is 10.6 Å². The topological polar surface area (TPSA) is 87.7 Å². The van der Waals surface area contributed by atoms with E-state index in [4.69, 9.17) is 0 Å². The maximum atomic E-state index is 12.4. The molecule has 1 saturated carbocycles. The van der Waals surface area contributed by atoms with Gasteiger partial charge in [0.25, 0.3) is 0 Å². The van der Waals surface area contributed by atoms with Crippen molar-refractivity contribution in [3.63, 3.8) is 0 Å². The molecule has 1 saturated heterocycles. The molecule has 0 atom stereocenters. The summed E-state index contributed by atoms with van der Waals surface area (Å²) in [5.41, 5.74) is 0.966. The Morgan fingerprint density at radius 1 is 1.12 bits per heavy atom. The molecular formula is C18H23N3O4. The zero-order valence-electron chi connectivity index (χ0n) is 14.3. The molecule has 25 heavy (non-hydrogen) atoms. The number of likely N-dealkylation sites (tertiary alicyclic amines) is 1. The number of rotatable bonds is 4. The van der Waals surface area contributed by atoms with Crippen molar-refractivity contribution in [1.82, 2.24) is 10.2 Å². The van der Waals surface area contributed by atoms with Gasteiger partial charge in [0.05, 0.1) is 12.7 Å². The number of methoxy groups -OCH3 is 1. The minimum absolute atomic E-state index is 0.0212. The van der Waals surface area contributed by atoms with Crippen LogP contribution in [0.15, 0.2) is 24.3 Å². The standard InChI is InChI=1S/C18H23N3O4/c1-25-17(23)13-3-2-4-15(11-13)19-16(22)12-7-9-21(10-8-12)18(24)20-14-5-6-14/h2-4,11-12,14H,5-10H2,1H3,(H,19,22)(H,20,24). The first kappa shape index (κ1) is 17.3. The summed E-state index contributed by atoms with van der Waals surface area (Å²) in [5, 5.41) is 5.82. The average Bonchev–Trinajstić information content (AvgIpc) is 3.45. The molecule has 3 rings (SSSR count). The molecule has 1 aromatic carbocycles. The Kier molecular flexibility index (Phi) is 5.21. The fraction of sp³-hybridized carbons (Fsp3) is 0.500. The molecule has 1 aliphatic heterocycles. The van der Waals surface area contributed by atoms with Crippen molar-refractivity contribution in [2.45, 2.75) is 31.7 Å². The summed E-state index contributed by atoms with van der Waals surface area (Å²) in [6.45, 7) is 1.16. The summed E-state index contributed by atoms with van der Waals surface area (Å²) < 4.78 is 4.68. The number of esters is 1. The van der Waals surface area contributed by atoms with Crippen molar-refractivity contribution in [1.29, 1.82) is 0 Å². The van der Waals surface area contributed by atoms with E-state index in [1.54, 1.807) is 29.2 Å². The smallest absolute Gasteiger partial charge is 0.337 e. The number of piperidine rings is 1. The maximum absolute atomic E-state index is 12.4. The average molecular weight is 345 g/mol. The zero-order chi connectivity index (χ0) is 17.8. The quantitative estimate of drug-likeness (QED) is 0.817. The number of hydrogen-bond acceptors (Lipinski definition) is 4. The highest BCUT2D eigenvalue weighted by Gasteiger charge is 2.30. The van der Waals surface area contributed by atoms with E-state index in [1.165, 1.54) is 7.11 Å². The molecular weight excluding hydrogens is 322 g/mol. The molecule has 2 N–H and O–H groups in total. The van der Waals surface area contributed by atoms with Crippen molar-refractivity contribution in [2.75, 3.05) is 25.5 Å². The third-order valence-electron chi connectivity index (χ3n) is 4.61. The first-order valence-electron chi connectivity index (χ1n) is 8.61. The summed E-state index contributed by atoms with van der Waals surface area (Å²) in [6.07, 6.45) is 3.41. The minimum atomic E-state index is -0.439. The van der Waals surface area contributed by atoms with Gasteiger partial charge in [0.2, 0.25) is 5.91 Å². The Morgan fingerprint density at radius 2 is 1.84 bits per heavy atom. The lowest BCUT2D eigenvalue weighted by Gasteiger charge is -2.31. The second-order valence-corrected chi connectivity index (χ2v) is 6.55. The van der Waals surface area contributed by atoms with Gasteiger partial charge in [0.1, 0.15) is 0 Å². The molecule has 3 amide bonds. The summed E-state index contributed by atoms with van der Waals surface area (Å²) >= 11 is 0. The van der Waals surface area contributed by atoms with E-state index in [2.05, 4.69) is 15.4 Å². The van der Waals surface area contributed by atoms with Gasteiger partial charge >= 0.3 is 12.0 Å². The van der Waals surface area contributed by atoms with Crippen molar-refractivity contribution < 1.29 is 19.1 Å². The Bertz CT molecular complexity index is 664. The molecule has 0 unspecified atom stereocenters. The van der Waals surface area contributed by atoms with Gasteiger partial charge < -0.3 is 20.3 Å². The van der Waals surface area contributed by atoms with Crippen LogP contribution in [-0.4, -0.2) is 49.0 Å². The van der Waals surface area contributed by atoms with E-state index < -0.39 is 5.97 Å². The normalized spacial score (nSPS) is 17.7. The highest BCUT2D eigenvalue weighted by molar-refractivity contribution is 5.95. The number of carbonyl (C=O) groups excluding carboxylic acids is 3. The molecule has 0 aromatic heterocycles. The lowest BCUT2D eigenvalue weighted by molar-refractivity contribution is -0.121. The molecule has 7 nitrogen and oxygen atoms in total. The maximum Gasteiger partial charge on any atom is 0.337 e. The van der Waals surface area contributed by atoms with E-state index in [0.717, 1.165) is 12.8 Å². The van der Waals surface area contributed by atoms with Crippen LogP contribution in [-0.2, 0) is 9.53 Å². The van der Waals surface area contributed by atoms with Crippen LogP contribution in [0.4, 0.5) is 10.5 Å². The number of benzene rings is 1. The zero-order valence-corrected chi connectivity index (χ0v) is 14.3. The number of amides is 3. The Balaban J connectivity index is 1.51. The molecule has 0 bridgehead atoms. The third kappa shape index (κ3) is 4.49. The Morgan fingerprint density at radius 3 is 2.48 bits per heavy atom. The van der Waals surface area contributed by atoms with Crippen molar-refractivity contribution in [2.24, 2.45) is 5.92 Å². The Labute approximate surface area is 146 Å². The monoisotopic (exact) mass is 345 g/mol. The van der Waals surface area contributed by atoms with Crippen LogP contribution in [0.1, 0.15) is 36.0 Å². The van der Waals surface area contributed by atoms with Crippen LogP contribution in [0.2, 0.25) is 0 Å². The van der Waals surface area contributed by atoms with E-state index in [0.29, 0.717) is 43.2 Å². The fourth-order valence-corrected chi connectivity index (χ4v) is 2.92. The molecule has 134 valence electrons. The van der Waals surface area contributed by atoms with Gasteiger partial charge in [0, 0.05) is 30.7 Å². The molecule has 1 aliphatic carbocycles. The van der Waals surface area contributed by atoms with Gasteiger partial charge in [-0.2, -0.15) is 0 Å². The van der Waals surface area contributed by atoms with Crippen LogP contribution in [0, 0.1) is 5.92 Å². The lowest BCUT2D eigenvalue weighted by Crippen LogP contribution is -2.46. The highest BCUT2D eigenvalue weighted by atomic mass is 16.5. The molecule has 2 aliphatic rings. The number of hydrogen-bond donors (Lipinski definition) is 2. The number of ether oxygens (including phenoxy) is 1. The van der Waals surface area contributed by atoms with Crippen LogP contribution in [0.25, 0.3) is 0 Å². The largest absolute Gasteiger partial charge is 0.465 e. The highest BCUT2D eigenvalue weighted by Crippen LogP contribution is 2.22. The third-order valence-corrected chi connectivity index (χ3v) is 4.61. The number of nitrogens with zero attached hydrogens (tertiary/aromatic N) is 1. The molecule has 1 aromatic rings. The van der Waals surface area contributed by atoms with E-state index in [9.17, 15) is 14.4 Å². The second kappa shape index (κ2) is 7.55. The predicted molar refractivity (Wildman–Crippen MR) is 92.3 cm³/mol. The van der Waals surface area contributed by atoms with Gasteiger partial charge in [0.15, 0.2) is 0 Å². The van der Waals surface area contributed by atoms with Gasteiger partial charge in [-0.1, -0.05) is 6.07 Å². The van der Waals surface area contributed by atoms with Crippen molar-refractivity contribution in [3.8, 4) is 0 Å². The van der Waals surface area contributed by atoms with Gasteiger partial charge in [-0.05, 0) is 43.9 Å². The second-order valence-electron chi connectivity index (χ2n) is 6.55. The van der Waals surface area contributed by atoms with Crippen molar-refractivity contribution >= 4 is 23.6 Å². The van der Waals surface area contributed by atoms with Crippen LogP contribution >= 0.6 is 0 Å². The SMILES string of the molecule is COC(=O)c1cccc(NC(=O)C2CCN(C(=O)NC3CC3)CC2)c1. The van der Waals surface area contributed by atoms with Crippen LogP contribution in [0.5, 0.6) is 0 Å². The molecule has 0 radical (unpaired) electrons.